The van der Waals surface area contributed by atoms with Gasteiger partial charge in [0.1, 0.15) is 55.5 Å². The van der Waals surface area contributed by atoms with E-state index in [2.05, 4.69) is 73.8 Å². The normalized spacial score (nSPS) is 13.2. The van der Waals surface area contributed by atoms with Gasteiger partial charge in [0, 0.05) is 34.4 Å². The Bertz CT molecular complexity index is 2760. The van der Waals surface area contributed by atoms with Crippen LogP contribution in [-0.2, 0) is 14.3 Å². The molecule has 0 fully saturated rings. The number of aliphatic carboxylic acids is 1. The van der Waals surface area contributed by atoms with Crippen molar-refractivity contribution >= 4 is 55.0 Å². The first-order chi connectivity index (χ1) is 29.8. The second kappa shape index (κ2) is 19.2. The summed E-state index contributed by atoms with van der Waals surface area (Å²) in [5.41, 5.74) is 4.00. The number of carboxylic acids is 1. The molecule has 0 bridgehead atoms. The van der Waals surface area contributed by atoms with Crippen molar-refractivity contribution in [3.05, 3.63) is 171 Å². The average molecular weight is 827 g/mol. The molecule has 0 amide bonds. The number of hydrogen-bond donors (Lipinski definition) is 2. The van der Waals surface area contributed by atoms with Crippen molar-refractivity contribution in [3.8, 4) is 45.3 Å². The van der Waals surface area contributed by atoms with E-state index in [4.69, 9.17) is 28.8 Å². The summed E-state index contributed by atoms with van der Waals surface area (Å²) in [6, 6.07) is 49.1. The molecule has 2 heterocycles. The Hall–Kier alpha value is -7.62. The highest BCUT2D eigenvalue weighted by Crippen LogP contribution is 2.47. The molecule has 0 radical (unpaired) electrons. The largest absolute Gasteiger partial charge is 0.490 e. The first-order valence-electron chi connectivity index (χ1n) is 19.8. The van der Waals surface area contributed by atoms with Gasteiger partial charge in [0.25, 0.3) is 0 Å². The topological polar surface area (TPSA) is 121 Å². The minimum absolute atomic E-state index is 0. The summed E-state index contributed by atoms with van der Waals surface area (Å²) < 4.78 is 29.8. The van der Waals surface area contributed by atoms with Crippen LogP contribution in [0.1, 0.15) is 7.43 Å². The van der Waals surface area contributed by atoms with Gasteiger partial charge in [0.05, 0.1) is 0 Å². The Kier molecular flexibility index (Phi) is 13.1. The quantitative estimate of drug-likeness (QED) is 0.132. The second-order valence-electron chi connectivity index (χ2n) is 14.3. The molecule has 312 valence electrons. The molecule has 8 aromatic rings. The molecule has 0 atom stereocenters. The predicted octanol–water partition coefficient (Wildman–Crippen LogP) is 11.2. The molecule has 8 aromatic carbocycles. The molecule has 9 heteroatoms. The van der Waals surface area contributed by atoms with E-state index in [-0.39, 0.29) is 33.9 Å². The van der Waals surface area contributed by atoms with Gasteiger partial charge in [-0.1, -0.05) is 142 Å². The number of carbonyl (C=O) groups is 2. The van der Waals surface area contributed by atoms with E-state index in [9.17, 15) is 14.7 Å². The molecule has 2 N–H and O–H groups in total. The van der Waals surface area contributed by atoms with Gasteiger partial charge >= 0.3 is 11.9 Å². The highest BCUT2D eigenvalue weighted by molar-refractivity contribution is 6.11. The number of hydrogen-bond acceptors (Lipinski definition) is 8. The van der Waals surface area contributed by atoms with Crippen LogP contribution in [0.2, 0.25) is 0 Å². The van der Waals surface area contributed by atoms with Crippen LogP contribution in [0.15, 0.2) is 171 Å². The van der Waals surface area contributed by atoms with E-state index in [1.54, 1.807) is 0 Å². The lowest BCUT2D eigenvalue weighted by atomic mass is 9.92. The smallest absolute Gasteiger partial charge is 0.330 e. The molecule has 9 nitrogen and oxygen atoms in total. The molecule has 0 unspecified atom stereocenters. The zero-order chi connectivity index (χ0) is 42.3. The molecule has 0 aromatic heterocycles. The predicted molar refractivity (Wildman–Crippen MR) is 246 cm³/mol. The van der Waals surface area contributed by atoms with Gasteiger partial charge in [-0.05, 0) is 67.4 Å². The SMILES string of the molecule is C.C=CC(=O)O.C=CC(=O)OC1COc2ccc3ccccc3c2-c2c(ccc3ccccc23)OC1.OC1COc2ccc3ccccc3c2-c2c(ccc3ccccc23)OC1. The molecule has 0 saturated heterocycles. The Morgan fingerprint density at radius 1 is 0.484 bits per heavy atom. The standard InChI is InChI=1S/C26H20O4.C23H18O3.C3H4O2.CH4/c1-2-24(27)30-19-15-28-22-13-11-17-7-3-5-9-20(17)25(22)26-21-10-6-4-8-18(21)12-14-23(26)29-16-19;24-17-13-25-20-11-9-15-5-1-3-7-18(15)22(20)23-19-8-4-2-6-16(19)10-12-21(23)26-14-17;1-2-3(4)5;/h2-14,19H,1,15-16H2;1-12,17,24H,13-14H2;2H,1H2,(H,4,5);1H4. The fourth-order valence-corrected chi connectivity index (χ4v) is 7.63. The Morgan fingerprint density at radius 3 is 1.06 bits per heavy atom. The van der Waals surface area contributed by atoms with Crippen molar-refractivity contribution in [2.75, 3.05) is 26.4 Å². The van der Waals surface area contributed by atoms with Crippen LogP contribution in [0.3, 0.4) is 0 Å². The van der Waals surface area contributed by atoms with Crippen molar-refractivity contribution in [3.63, 3.8) is 0 Å². The Morgan fingerprint density at radius 2 is 0.774 bits per heavy atom. The summed E-state index contributed by atoms with van der Waals surface area (Å²) in [6.45, 7) is 7.23. The molecular weight excluding hydrogens is 781 g/mol. The molecule has 0 saturated carbocycles. The summed E-state index contributed by atoms with van der Waals surface area (Å²) in [5.74, 6) is 1.53. The average Bonchev–Trinajstić information content (AvgIpc) is 3.43. The molecule has 2 aliphatic rings. The van der Waals surface area contributed by atoms with E-state index < -0.39 is 24.1 Å². The minimum atomic E-state index is -0.981. The van der Waals surface area contributed by atoms with Crippen LogP contribution in [0.4, 0.5) is 0 Å². The van der Waals surface area contributed by atoms with Crippen LogP contribution in [0.25, 0.3) is 65.3 Å². The van der Waals surface area contributed by atoms with Gasteiger partial charge in [-0.2, -0.15) is 0 Å². The highest BCUT2D eigenvalue weighted by Gasteiger charge is 2.25. The lowest BCUT2D eigenvalue weighted by Gasteiger charge is -2.17. The van der Waals surface area contributed by atoms with Gasteiger partial charge < -0.3 is 33.9 Å². The highest BCUT2D eigenvalue weighted by atomic mass is 16.6. The molecule has 62 heavy (non-hydrogen) atoms. The Labute approximate surface area is 359 Å². The second-order valence-corrected chi connectivity index (χ2v) is 14.3. The lowest BCUT2D eigenvalue weighted by Crippen LogP contribution is -2.30. The van der Waals surface area contributed by atoms with E-state index in [0.29, 0.717) is 0 Å². The maximum absolute atomic E-state index is 11.8. The van der Waals surface area contributed by atoms with Gasteiger partial charge in [-0.3, -0.25) is 0 Å². The summed E-state index contributed by atoms with van der Waals surface area (Å²) in [7, 11) is 0. The summed E-state index contributed by atoms with van der Waals surface area (Å²) in [6.07, 6.45) is 0.759. The lowest BCUT2D eigenvalue weighted by molar-refractivity contribution is -0.146. The first-order valence-corrected chi connectivity index (χ1v) is 19.8. The minimum Gasteiger partial charge on any atom is -0.490 e. The van der Waals surface area contributed by atoms with Crippen LogP contribution < -0.4 is 18.9 Å². The summed E-state index contributed by atoms with van der Waals surface area (Å²) >= 11 is 0. The van der Waals surface area contributed by atoms with E-state index in [1.807, 2.05) is 84.9 Å². The van der Waals surface area contributed by atoms with Crippen LogP contribution in [0, 0.1) is 0 Å². The fraction of sp³-hybridized carbons (Fsp3) is 0.132. The number of rotatable bonds is 3. The van der Waals surface area contributed by atoms with Crippen molar-refractivity contribution in [1.82, 2.24) is 0 Å². The van der Waals surface area contributed by atoms with Crippen molar-refractivity contribution < 1.29 is 43.5 Å². The fourth-order valence-electron chi connectivity index (χ4n) is 7.63. The zero-order valence-electron chi connectivity index (χ0n) is 33.2. The van der Waals surface area contributed by atoms with Crippen molar-refractivity contribution in [1.29, 1.82) is 0 Å². The molecular formula is C53H46O9. The third-order valence-corrected chi connectivity index (χ3v) is 10.4. The van der Waals surface area contributed by atoms with Crippen LogP contribution >= 0.6 is 0 Å². The van der Waals surface area contributed by atoms with Gasteiger partial charge in [0.15, 0.2) is 6.10 Å². The maximum atomic E-state index is 11.8. The summed E-state index contributed by atoms with van der Waals surface area (Å²) in [4.78, 5) is 21.0. The third-order valence-electron chi connectivity index (χ3n) is 10.4. The number of benzene rings is 8. The van der Waals surface area contributed by atoms with Crippen molar-refractivity contribution in [2.24, 2.45) is 0 Å². The molecule has 10 rings (SSSR count). The van der Waals surface area contributed by atoms with E-state index >= 15 is 0 Å². The number of aliphatic hydroxyl groups excluding tert-OH is 1. The number of carbonyl (C=O) groups excluding carboxylic acids is 1. The molecule has 0 spiro atoms. The van der Waals surface area contributed by atoms with Crippen LogP contribution in [-0.4, -0.2) is 60.8 Å². The molecule has 2 aliphatic heterocycles. The van der Waals surface area contributed by atoms with E-state index in [1.165, 1.54) is 0 Å². The van der Waals surface area contributed by atoms with Crippen LogP contribution in [0.5, 0.6) is 23.0 Å². The van der Waals surface area contributed by atoms with Gasteiger partial charge in [-0.15, -0.1) is 0 Å². The van der Waals surface area contributed by atoms with Crippen molar-refractivity contribution in [2.45, 2.75) is 19.6 Å². The number of carboxylic acid groups (broad SMARTS) is 1. The number of ether oxygens (including phenoxy) is 5. The zero-order valence-corrected chi connectivity index (χ0v) is 33.2. The molecule has 0 aliphatic carbocycles. The van der Waals surface area contributed by atoms with E-state index in [0.717, 1.165) is 100 Å². The third kappa shape index (κ3) is 8.94. The Balaban J connectivity index is 0.000000167. The number of fused-ring (bicyclic) bond motifs is 14. The summed E-state index contributed by atoms with van der Waals surface area (Å²) in [5, 5.41) is 26.7. The van der Waals surface area contributed by atoms with Gasteiger partial charge in [0.2, 0.25) is 0 Å². The number of esters is 1. The first kappa shape index (κ1) is 42.5. The number of aliphatic hydroxyl groups is 1. The maximum Gasteiger partial charge on any atom is 0.330 e. The van der Waals surface area contributed by atoms with Gasteiger partial charge in [-0.25, -0.2) is 9.59 Å². The monoisotopic (exact) mass is 826 g/mol.